The summed E-state index contributed by atoms with van der Waals surface area (Å²) in [7, 11) is 0. The molecule has 1 N–H and O–H groups in total. The summed E-state index contributed by atoms with van der Waals surface area (Å²) in [5, 5.41) is 2.84. The van der Waals surface area contributed by atoms with Crippen molar-refractivity contribution in [3.8, 4) is 5.75 Å². The van der Waals surface area contributed by atoms with Crippen LogP contribution in [0.15, 0.2) is 48.5 Å². The summed E-state index contributed by atoms with van der Waals surface area (Å²) in [5.74, 6) is 0.551. The average Bonchev–Trinajstić information content (AvgIpc) is 2.58. The van der Waals surface area contributed by atoms with Crippen molar-refractivity contribution >= 4 is 23.2 Å². The molecule has 0 spiro atoms. The van der Waals surface area contributed by atoms with Crippen LogP contribution in [0.2, 0.25) is 0 Å². The van der Waals surface area contributed by atoms with Crippen LogP contribution in [-0.2, 0) is 9.59 Å². The van der Waals surface area contributed by atoms with Gasteiger partial charge in [0.05, 0.1) is 6.61 Å². The first-order valence-corrected chi connectivity index (χ1v) is 8.37. The van der Waals surface area contributed by atoms with Crippen molar-refractivity contribution in [2.75, 3.05) is 23.4 Å². The smallest absolute Gasteiger partial charge is 0.226 e. The minimum Gasteiger partial charge on any atom is -0.494 e. The Morgan fingerprint density at radius 3 is 2.36 bits per heavy atom. The summed E-state index contributed by atoms with van der Waals surface area (Å²) >= 11 is 0. The molecule has 0 heterocycles. The molecule has 0 aromatic heterocycles. The average molecular weight is 340 g/mol. The molecular weight excluding hydrogens is 316 g/mol. The summed E-state index contributed by atoms with van der Waals surface area (Å²) in [6, 6.07) is 14.9. The fourth-order valence-electron chi connectivity index (χ4n) is 2.55. The highest BCUT2D eigenvalue weighted by Gasteiger charge is 2.15. The van der Waals surface area contributed by atoms with Crippen LogP contribution in [0.25, 0.3) is 0 Å². The van der Waals surface area contributed by atoms with E-state index in [2.05, 4.69) is 5.32 Å². The summed E-state index contributed by atoms with van der Waals surface area (Å²) < 4.78 is 5.37. The second-order valence-electron chi connectivity index (χ2n) is 5.71. The molecule has 0 aliphatic rings. The summed E-state index contributed by atoms with van der Waals surface area (Å²) in [6.45, 7) is 6.32. The fourth-order valence-corrected chi connectivity index (χ4v) is 2.55. The van der Waals surface area contributed by atoms with E-state index in [1.54, 1.807) is 17.0 Å². The molecule has 5 heteroatoms. The number of nitrogens with zero attached hydrogens (tertiary/aromatic N) is 1. The van der Waals surface area contributed by atoms with Gasteiger partial charge >= 0.3 is 0 Å². The minimum absolute atomic E-state index is 0.0804. The first-order valence-electron chi connectivity index (χ1n) is 8.37. The van der Waals surface area contributed by atoms with Crippen LogP contribution in [0.1, 0.15) is 25.8 Å². The van der Waals surface area contributed by atoms with Gasteiger partial charge in [0, 0.05) is 31.3 Å². The van der Waals surface area contributed by atoms with Crippen LogP contribution in [0.4, 0.5) is 11.4 Å². The molecule has 0 saturated carbocycles. The molecule has 0 atom stereocenters. The van der Waals surface area contributed by atoms with Gasteiger partial charge in [-0.1, -0.05) is 18.2 Å². The van der Waals surface area contributed by atoms with Crippen LogP contribution in [0, 0.1) is 6.92 Å². The van der Waals surface area contributed by atoms with Gasteiger partial charge in [0.15, 0.2) is 0 Å². The van der Waals surface area contributed by atoms with E-state index in [1.165, 1.54) is 6.92 Å². The molecule has 0 radical (unpaired) electrons. The van der Waals surface area contributed by atoms with E-state index < -0.39 is 0 Å². The lowest BCUT2D eigenvalue weighted by Gasteiger charge is -2.22. The summed E-state index contributed by atoms with van der Waals surface area (Å²) in [4.78, 5) is 25.8. The van der Waals surface area contributed by atoms with Gasteiger partial charge in [-0.25, -0.2) is 0 Å². The van der Waals surface area contributed by atoms with E-state index in [0.29, 0.717) is 18.8 Å². The highest BCUT2D eigenvalue weighted by Crippen LogP contribution is 2.20. The van der Waals surface area contributed by atoms with Gasteiger partial charge in [0.2, 0.25) is 11.8 Å². The molecule has 0 fully saturated rings. The summed E-state index contributed by atoms with van der Waals surface area (Å²) in [5.41, 5.74) is 2.55. The van der Waals surface area contributed by atoms with E-state index in [9.17, 15) is 9.59 Å². The Morgan fingerprint density at radius 1 is 1.08 bits per heavy atom. The van der Waals surface area contributed by atoms with Gasteiger partial charge < -0.3 is 15.0 Å². The van der Waals surface area contributed by atoms with Crippen molar-refractivity contribution in [2.45, 2.75) is 27.2 Å². The number of para-hydroxylation sites is 1. The molecule has 25 heavy (non-hydrogen) atoms. The number of carbonyl (C=O) groups is 2. The summed E-state index contributed by atoms with van der Waals surface area (Å²) in [6.07, 6.45) is 0.223. The first kappa shape index (κ1) is 18.5. The van der Waals surface area contributed by atoms with E-state index in [0.717, 1.165) is 17.0 Å². The monoisotopic (exact) mass is 340 g/mol. The number of benzene rings is 2. The molecule has 0 unspecified atom stereocenters. The lowest BCUT2D eigenvalue weighted by Crippen LogP contribution is -2.32. The highest BCUT2D eigenvalue weighted by molar-refractivity contribution is 5.95. The van der Waals surface area contributed by atoms with E-state index >= 15 is 0 Å². The Hall–Kier alpha value is -2.82. The molecule has 132 valence electrons. The maximum absolute atomic E-state index is 12.2. The maximum atomic E-state index is 12.2. The van der Waals surface area contributed by atoms with E-state index in [4.69, 9.17) is 4.74 Å². The maximum Gasteiger partial charge on any atom is 0.226 e. The normalized spacial score (nSPS) is 10.2. The number of ether oxygens (including phenoxy) is 1. The van der Waals surface area contributed by atoms with Crippen molar-refractivity contribution in [1.82, 2.24) is 0 Å². The molecule has 0 aliphatic heterocycles. The largest absolute Gasteiger partial charge is 0.494 e. The fraction of sp³-hybridized carbons (Fsp3) is 0.300. The van der Waals surface area contributed by atoms with Crippen LogP contribution in [0.3, 0.4) is 0 Å². The van der Waals surface area contributed by atoms with Crippen molar-refractivity contribution in [1.29, 1.82) is 0 Å². The van der Waals surface area contributed by atoms with Gasteiger partial charge in [-0.15, -0.1) is 0 Å². The Morgan fingerprint density at radius 2 is 1.76 bits per heavy atom. The van der Waals surface area contributed by atoms with Crippen molar-refractivity contribution in [3.05, 3.63) is 54.1 Å². The van der Waals surface area contributed by atoms with Crippen LogP contribution in [0.5, 0.6) is 5.75 Å². The predicted octanol–water partition coefficient (Wildman–Crippen LogP) is 3.78. The van der Waals surface area contributed by atoms with E-state index in [1.807, 2.05) is 50.2 Å². The van der Waals surface area contributed by atoms with Gasteiger partial charge in [0.25, 0.3) is 0 Å². The highest BCUT2D eigenvalue weighted by atomic mass is 16.5. The number of rotatable bonds is 7. The standard InChI is InChI=1S/C20H24N2O3/c1-4-25-18-11-9-17(10-12-18)21-20(24)13-14-22(16(3)23)19-8-6-5-7-15(19)2/h5-12H,4,13-14H2,1-3H3,(H,21,24). The Bertz CT molecular complexity index is 726. The molecule has 0 saturated heterocycles. The van der Waals surface area contributed by atoms with E-state index in [-0.39, 0.29) is 18.2 Å². The SMILES string of the molecule is CCOc1ccc(NC(=O)CCN(C(C)=O)c2ccccc2C)cc1. The lowest BCUT2D eigenvalue weighted by molar-refractivity contribution is -0.117. The third-order valence-electron chi connectivity index (χ3n) is 3.80. The number of carbonyl (C=O) groups excluding carboxylic acids is 2. The van der Waals surface area contributed by atoms with Crippen molar-refractivity contribution < 1.29 is 14.3 Å². The van der Waals surface area contributed by atoms with Crippen LogP contribution in [-0.4, -0.2) is 25.0 Å². The lowest BCUT2D eigenvalue weighted by atomic mass is 10.1. The molecule has 5 nitrogen and oxygen atoms in total. The topological polar surface area (TPSA) is 58.6 Å². The number of hydrogen-bond acceptors (Lipinski definition) is 3. The molecule has 2 amide bonds. The Kier molecular flexibility index (Phi) is 6.57. The molecule has 0 bridgehead atoms. The second-order valence-corrected chi connectivity index (χ2v) is 5.71. The van der Waals surface area contributed by atoms with Gasteiger partial charge in [-0.2, -0.15) is 0 Å². The quantitative estimate of drug-likeness (QED) is 0.834. The number of anilines is 2. The Labute approximate surface area is 148 Å². The van der Waals surface area contributed by atoms with Gasteiger partial charge in [-0.3, -0.25) is 9.59 Å². The molecular formula is C20H24N2O3. The zero-order valence-corrected chi connectivity index (χ0v) is 14.9. The zero-order valence-electron chi connectivity index (χ0n) is 14.9. The number of hydrogen-bond donors (Lipinski definition) is 1. The van der Waals surface area contributed by atoms with Crippen LogP contribution >= 0.6 is 0 Å². The number of amides is 2. The predicted molar refractivity (Wildman–Crippen MR) is 100 cm³/mol. The van der Waals surface area contributed by atoms with Crippen LogP contribution < -0.4 is 15.0 Å². The van der Waals surface area contributed by atoms with Gasteiger partial charge in [0.1, 0.15) is 5.75 Å². The molecule has 2 aromatic carbocycles. The first-order chi connectivity index (χ1) is 12.0. The minimum atomic E-state index is -0.135. The van der Waals surface area contributed by atoms with Crippen molar-refractivity contribution in [2.24, 2.45) is 0 Å². The third kappa shape index (κ3) is 5.35. The molecule has 2 aromatic rings. The molecule has 0 aliphatic carbocycles. The number of nitrogens with one attached hydrogen (secondary N) is 1. The zero-order chi connectivity index (χ0) is 18.2. The van der Waals surface area contributed by atoms with Crippen molar-refractivity contribution in [3.63, 3.8) is 0 Å². The number of aryl methyl sites for hydroxylation is 1. The second kappa shape index (κ2) is 8.87. The van der Waals surface area contributed by atoms with Gasteiger partial charge in [-0.05, 0) is 49.7 Å². The molecule has 2 rings (SSSR count). The third-order valence-corrected chi connectivity index (χ3v) is 3.80. The Balaban J connectivity index is 1.95.